The molecule has 0 fully saturated rings. The summed E-state index contributed by atoms with van der Waals surface area (Å²) in [6, 6.07) is 3.38. The van der Waals surface area contributed by atoms with Crippen LogP contribution in [0.2, 0.25) is 5.02 Å². The Morgan fingerprint density at radius 3 is 2.62 bits per heavy atom. The van der Waals surface area contributed by atoms with Gasteiger partial charge in [0.25, 0.3) is 5.91 Å². The van der Waals surface area contributed by atoms with Crippen LogP contribution >= 0.6 is 11.6 Å². The van der Waals surface area contributed by atoms with E-state index < -0.39 is 17.9 Å². The molecule has 26 heavy (non-hydrogen) atoms. The number of primary amides is 1. The molecule has 0 saturated carbocycles. The molecule has 0 atom stereocenters. The Labute approximate surface area is 154 Å². The van der Waals surface area contributed by atoms with E-state index in [1.807, 2.05) is 0 Å². The van der Waals surface area contributed by atoms with Crippen molar-refractivity contribution in [3.8, 4) is 17.6 Å². The monoisotopic (exact) mass is 381 g/mol. The van der Waals surface area contributed by atoms with Crippen LogP contribution in [-0.2, 0) is 14.3 Å². The Morgan fingerprint density at radius 1 is 1.38 bits per heavy atom. The zero-order chi connectivity index (χ0) is 19.7. The summed E-state index contributed by atoms with van der Waals surface area (Å²) in [5.74, 6) is -1.28. The molecule has 0 heterocycles. The SMILES string of the molecule is CCOC(=O)COc1c(Cl)cc(/C=C(/C#N)C(=O)NC(N)=O)cc1OC. The third kappa shape index (κ3) is 5.99. The van der Waals surface area contributed by atoms with Crippen molar-refractivity contribution in [1.82, 2.24) is 5.32 Å². The molecule has 0 bridgehead atoms. The van der Waals surface area contributed by atoms with Gasteiger partial charge < -0.3 is 19.9 Å². The van der Waals surface area contributed by atoms with Gasteiger partial charge in [0.05, 0.1) is 18.7 Å². The first-order valence-electron chi connectivity index (χ1n) is 7.20. The number of carbonyl (C=O) groups excluding carboxylic acids is 3. The third-order valence-electron chi connectivity index (χ3n) is 2.80. The first-order valence-corrected chi connectivity index (χ1v) is 7.58. The molecular formula is C16H16ClN3O6. The predicted molar refractivity (Wildman–Crippen MR) is 91.4 cm³/mol. The van der Waals surface area contributed by atoms with Crippen LogP contribution < -0.4 is 20.5 Å². The van der Waals surface area contributed by atoms with Crippen LogP contribution in [0.4, 0.5) is 4.79 Å². The molecule has 0 radical (unpaired) electrons. The lowest BCUT2D eigenvalue weighted by molar-refractivity contribution is -0.145. The number of amides is 3. The fourth-order valence-corrected chi connectivity index (χ4v) is 2.07. The van der Waals surface area contributed by atoms with Crippen molar-refractivity contribution in [2.24, 2.45) is 5.73 Å². The molecule has 10 heteroatoms. The van der Waals surface area contributed by atoms with E-state index in [2.05, 4.69) is 0 Å². The van der Waals surface area contributed by atoms with E-state index in [-0.39, 0.29) is 35.3 Å². The zero-order valence-corrected chi connectivity index (χ0v) is 14.8. The number of ether oxygens (including phenoxy) is 3. The van der Waals surface area contributed by atoms with Crippen LogP contribution in [0.25, 0.3) is 6.08 Å². The summed E-state index contributed by atoms with van der Waals surface area (Å²) in [5.41, 5.74) is 4.80. The molecule has 0 saturated heterocycles. The van der Waals surface area contributed by atoms with Crippen molar-refractivity contribution in [3.63, 3.8) is 0 Å². The van der Waals surface area contributed by atoms with Crippen molar-refractivity contribution in [3.05, 3.63) is 28.3 Å². The lowest BCUT2D eigenvalue weighted by Crippen LogP contribution is -2.35. The topological polar surface area (TPSA) is 141 Å². The number of nitrogens with zero attached hydrogens (tertiary/aromatic N) is 1. The number of hydrogen-bond acceptors (Lipinski definition) is 7. The van der Waals surface area contributed by atoms with Crippen LogP contribution in [0.3, 0.4) is 0 Å². The van der Waals surface area contributed by atoms with Gasteiger partial charge in [-0.15, -0.1) is 0 Å². The van der Waals surface area contributed by atoms with Crippen LogP contribution in [0, 0.1) is 11.3 Å². The summed E-state index contributed by atoms with van der Waals surface area (Å²) < 4.78 is 15.2. The van der Waals surface area contributed by atoms with E-state index in [1.165, 1.54) is 25.3 Å². The second kappa shape index (κ2) is 9.90. The van der Waals surface area contributed by atoms with Gasteiger partial charge in [-0.2, -0.15) is 5.26 Å². The number of halogens is 1. The van der Waals surface area contributed by atoms with Crippen LogP contribution in [0.5, 0.6) is 11.5 Å². The summed E-state index contributed by atoms with van der Waals surface area (Å²) in [4.78, 5) is 33.8. The fraction of sp³-hybridized carbons (Fsp3) is 0.250. The number of nitriles is 1. The van der Waals surface area contributed by atoms with Gasteiger partial charge in [0.15, 0.2) is 18.1 Å². The molecule has 1 rings (SSSR count). The van der Waals surface area contributed by atoms with Crippen molar-refractivity contribution < 1.29 is 28.6 Å². The van der Waals surface area contributed by atoms with Crippen molar-refractivity contribution in [1.29, 1.82) is 5.26 Å². The predicted octanol–water partition coefficient (Wildman–Crippen LogP) is 1.39. The molecule has 3 amide bonds. The van der Waals surface area contributed by atoms with Crippen LogP contribution in [-0.4, -0.2) is 38.2 Å². The first kappa shape index (κ1) is 20.8. The summed E-state index contributed by atoms with van der Waals surface area (Å²) >= 11 is 6.12. The third-order valence-corrected chi connectivity index (χ3v) is 3.09. The number of nitrogens with two attached hydrogens (primary N) is 1. The Kier molecular flexibility index (Phi) is 7.92. The fourth-order valence-electron chi connectivity index (χ4n) is 1.79. The molecule has 9 nitrogen and oxygen atoms in total. The van der Waals surface area contributed by atoms with Crippen molar-refractivity contribution >= 4 is 35.6 Å². The Hall–Kier alpha value is -3.25. The molecule has 0 aromatic heterocycles. The number of hydrogen-bond donors (Lipinski definition) is 2. The number of nitrogens with one attached hydrogen (secondary N) is 1. The number of benzene rings is 1. The molecule has 1 aromatic carbocycles. The minimum atomic E-state index is -1.09. The van der Waals surface area contributed by atoms with E-state index in [4.69, 9.17) is 36.8 Å². The van der Waals surface area contributed by atoms with Gasteiger partial charge in [-0.3, -0.25) is 10.1 Å². The van der Waals surface area contributed by atoms with E-state index in [1.54, 1.807) is 18.3 Å². The maximum absolute atomic E-state index is 11.7. The zero-order valence-electron chi connectivity index (χ0n) is 14.0. The smallest absolute Gasteiger partial charge is 0.344 e. The van der Waals surface area contributed by atoms with Crippen LogP contribution in [0.15, 0.2) is 17.7 Å². The van der Waals surface area contributed by atoms with Gasteiger partial charge in [-0.25, -0.2) is 9.59 Å². The number of carbonyl (C=O) groups is 3. The van der Waals surface area contributed by atoms with Gasteiger partial charge in [0.1, 0.15) is 11.6 Å². The van der Waals surface area contributed by atoms with Gasteiger partial charge in [0, 0.05) is 0 Å². The molecule has 0 spiro atoms. The maximum atomic E-state index is 11.7. The maximum Gasteiger partial charge on any atom is 0.344 e. The summed E-state index contributed by atoms with van der Waals surface area (Å²) in [5, 5.41) is 10.9. The van der Waals surface area contributed by atoms with E-state index >= 15 is 0 Å². The van der Waals surface area contributed by atoms with E-state index in [0.717, 1.165) is 0 Å². The lowest BCUT2D eigenvalue weighted by Gasteiger charge is -2.13. The van der Waals surface area contributed by atoms with E-state index in [9.17, 15) is 14.4 Å². The average molecular weight is 382 g/mol. The highest BCUT2D eigenvalue weighted by molar-refractivity contribution is 6.32. The summed E-state index contributed by atoms with van der Waals surface area (Å²) in [6.07, 6.45) is 1.18. The van der Waals surface area contributed by atoms with Crippen molar-refractivity contribution in [2.75, 3.05) is 20.3 Å². The summed E-state index contributed by atoms with van der Waals surface area (Å²) in [6.45, 7) is 1.50. The minimum absolute atomic E-state index is 0.0764. The largest absolute Gasteiger partial charge is 0.493 e. The first-order chi connectivity index (χ1) is 12.3. The molecule has 138 valence electrons. The Bertz CT molecular complexity index is 785. The second-order valence-corrected chi connectivity index (χ2v) is 5.02. The number of imide groups is 1. The quantitative estimate of drug-likeness (QED) is 0.413. The Morgan fingerprint density at radius 2 is 2.08 bits per heavy atom. The van der Waals surface area contributed by atoms with Gasteiger partial charge >= 0.3 is 12.0 Å². The normalized spacial score (nSPS) is 10.5. The van der Waals surface area contributed by atoms with Gasteiger partial charge in [0.2, 0.25) is 0 Å². The molecular weight excluding hydrogens is 366 g/mol. The summed E-state index contributed by atoms with van der Waals surface area (Å²) in [7, 11) is 1.35. The lowest BCUT2D eigenvalue weighted by atomic mass is 10.1. The highest BCUT2D eigenvalue weighted by Gasteiger charge is 2.16. The number of esters is 1. The minimum Gasteiger partial charge on any atom is -0.493 e. The number of urea groups is 1. The molecule has 0 aliphatic carbocycles. The van der Waals surface area contributed by atoms with E-state index in [0.29, 0.717) is 5.56 Å². The highest BCUT2D eigenvalue weighted by atomic mass is 35.5. The second-order valence-electron chi connectivity index (χ2n) is 4.62. The Balaban J connectivity index is 3.13. The average Bonchev–Trinajstić information content (AvgIpc) is 2.57. The molecule has 1 aromatic rings. The number of rotatable bonds is 7. The van der Waals surface area contributed by atoms with Gasteiger partial charge in [-0.05, 0) is 30.7 Å². The van der Waals surface area contributed by atoms with Gasteiger partial charge in [-0.1, -0.05) is 11.6 Å². The molecule has 0 aliphatic rings. The molecule has 0 unspecified atom stereocenters. The highest BCUT2D eigenvalue weighted by Crippen LogP contribution is 2.37. The van der Waals surface area contributed by atoms with Crippen molar-refractivity contribution in [2.45, 2.75) is 6.92 Å². The number of methoxy groups -OCH3 is 1. The standard InChI is InChI=1S/C16H16ClN3O6/c1-3-25-13(21)8-26-14-11(17)5-9(6-12(14)24-2)4-10(7-18)15(22)20-16(19)23/h4-6H,3,8H2,1-2H3,(H3,19,20,22,23)/b10-4-. The molecule has 0 aliphatic heterocycles. The molecule has 3 N–H and O–H groups in total. The van der Waals surface area contributed by atoms with Crippen LogP contribution in [0.1, 0.15) is 12.5 Å².